The third-order valence-electron chi connectivity index (χ3n) is 7.46. The zero-order chi connectivity index (χ0) is 29.3. The Morgan fingerprint density at radius 3 is 1.93 bits per heavy atom. The Balaban J connectivity index is 2.22. The number of carbonyl (C=O) groups excluding carboxylic acids is 2. The number of rotatable bonds is 26. The van der Waals surface area contributed by atoms with E-state index in [0.29, 0.717) is 32.2 Å². The second-order valence-corrected chi connectivity index (χ2v) is 11.5. The van der Waals surface area contributed by atoms with Crippen molar-refractivity contribution < 1.29 is 33.3 Å². The predicted molar refractivity (Wildman–Crippen MR) is 159 cm³/mol. The van der Waals surface area contributed by atoms with Gasteiger partial charge in [0.25, 0.3) is 0 Å². The molecular formula is C32H61NO7. The molecule has 236 valence electrons. The number of likely N-dealkylation sites (tertiary alicyclic amines) is 1. The number of hydrogen-bond donors (Lipinski definition) is 0. The van der Waals surface area contributed by atoms with E-state index in [9.17, 15) is 9.59 Å². The lowest BCUT2D eigenvalue weighted by molar-refractivity contribution is -0.160. The van der Waals surface area contributed by atoms with Crippen LogP contribution in [0.4, 0.5) is 4.79 Å². The molecule has 0 amide bonds. The van der Waals surface area contributed by atoms with Crippen molar-refractivity contribution in [1.29, 1.82) is 0 Å². The van der Waals surface area contributed by atoms with E-state index in [4.69, 9.17) is 23.7 Å². The van der Waals surface area contributed by atoms with E-state index in [-0.39, 0.29) is 37.8 Å². The quantitative estimate of drug-likeness (QED) is 0.0599. The second kappa shape index (κ2) is 25.3. The van der Waals surface area contributed by atoms with Crippen molar-refractivity contribution in [3.63, 3.8) is 0 Å². The number of ether oxygens (including phenoxy) is 5. The summed E-state index contributed by atoms with van der Waals surface area (Å²) >= 11 is 0. The molecule has 1 aliphatic rings. The summed E-state index contributed by atoms with van der Waals surface area (Å²) < 4.78 is 27.9. The molecule has 0 aromatic rings. The van der Waals surface area contributed by atoms with Crippen LogP contribution >= 0.6 is 0 Å². The first-order valence-corrected chi connectivity index (χ1v) is 16.4. The van der Waals surface area contributed by atoms with Crippen LogP contribution in [0.25, 0.3) is 0 Å². The van der Waals surface area contributed by atoms with Crippen LogP contribution in [0.5, 0.6) is 0 Å². The lowest BCUT2D eigenvalue weighted by Crippen LogP contribution is -2.24. The monoisotopic (exact) mass is 571 g/mol. The summed E-state index contributed by atoms with van der Waals surface area (Å²) in [6, 6.07) is 0. The third-order valence-corrected chi connectivity index (χ3v) is 7.46. The summed E-state index contributed by atoms with van der Waals surface area (Å²) in [6.07, 6.45) is 15.2. The van der Waals surface area contributed by atoms with Gasteiger partial charge in [0.2, 0.25) is 0 Å². The highest BCUT2D eigenvalue weighted by atomic mass is 16.7. The van der Waals surface area contributed by atoms with Gasteiger partial charge in [0.1, 0.15) is 6.61 Å². The highest BCUT2D eigenvalue weighted by molar-refractivity contribution is 5.69. The average molecular weight is 572 g/mol. The number of nitrogens with zero attached hydrogens (tertiary/aromatic N) is 1. The van der Waals surface area contributed by atoms with Crippen molar-refractivity contribution in [3.8, 4) is 0 Å². The molecule has 2 atom stereocenters. The van der Waals surface area contributed by atoms with Gasteiger partial charge in [0.15, 0.2) is 6.29 Å². The Morgan fingerprint density at radius 1 is 0.775 bits per heavy atom. The molecular weight excluding hydrogens is 510 g/mol. The molecule has 1 saturated heterocycles. The maximum absolute atomic E-state index is 12.4. The van der Waals surface area contributed by atoms with E-state index in [2.05, 4.69) is 25.7 Å². The van der Waals surface area contributed by atoms with Gasteiger partial charge in [-0.05, 0) is 32.4 Å². The molecule has 0 aromatic carbocycles. The fourth-order valence-corrected chi connectivity index (χ4v) is 4.77. The Labute approximate surface area is 245 Å². The average Bonchev–Trinajstić information content (AvgIpc) is 3.43. The molecule has 40 heavy (non-hydrogen) atoms. The minimum absolute atomic E-state index is 0.109. The lowest BCUT2D eigenvalue weighted by atomic mass is 10.1. The van der Waals surface area contributed by atoms with Gasteiger partial charge in [0.05, 0.1) is 19.6 Å². The molecule has 0 spiro atoms. The smallest absolute Gasteiger partial charge is 0.465 e. The van der Waals surface area contributed by atoms with Gasteiger partial charge in [-0.15, -0.1) is 0 Å². The van der Waals surface area contributed by atoms with Gasteiger partial charge in [-0.25, -0.2) is 4.79 Å². The molecule has 8 nitrogen and oxygen atoms in total. The van der Waals surface area contributed by atoms with Crippen LogP contribution in [0, 0.1) is 11.8 Å². The maximum Gasteiger partial charge on any atom is 0.508 e. The molecule has 0 saturated carbocycles. The molecule has 2 unspecified atom stereocenters. The van der Waals surface area contributed by atoms with Gasteiger partial charge in [-0.2, -0.15) is 0 Å². The number of hydrogen-bond acceptors (Lipinski definition) is 8. The molecule has 8 heteroatoms. The fraction of sp³-hybridized carbons (Fsp3) is 0.938. The summed E-state index contributed by atoms with van der Waals surface area (Å²) in [7, 11) is 0. The summed E-state index contributed by atoms with van der Waals surface area (Å²) in [5.74, 6) is -0.0194. The molecule has 0 bridgehead atoms. The summed E-state index contributed by atoms with van der Waals surface area (Å²) in [5, 5.41) is 0. The molecule has 0 radical (unpaired) electrons. The number of unbranched alkanes of at least 4 members (excludes halogenated alkanes) is 10. The van der Waals surface area contributed by atoms with Crippen LogP contribution in [0.15, 0.2) is 0 Å². The van der Waals surface area contributed by atoms with Crippen LogP contribution < -0.4 is 0 Å². The minimum Gasteiger partial charge on any atom is -0.465 e. The highest BCUT2D eigenvalue weighted by Crippen LogP contribution is 2.16. The Kier molecular flexibility index (Phi) is 23.2. The van der Waals surface area contributed by atoms with Crippen LogP contribution in [0.3, 0.4) is 0 Å². The molecule has 0 aromatic heterocycles. The molecule has 0 aliphatic carbocycles. The first kappa shape index (κ1) is 36.6. The van der Waals surface area contributed by atoms with E-state index < -0.39 is 6.16 Å². The van der Waals surface area contributed by atoms with E-state index in [1.807, 2.05) is 6.92 Å². The molecule has 1 rings (SSSR count). The minimum atomic E-state index is -0.652. The zero-order valence-corrected chi connectivity index (χ0v) is 26.3. The number of carbonyl (C=O) groups is 2. The highest BCUT2D eigenvalue weighted by Gasteiger charge is 2.23. The summed E-state index contributed by atoms with van der Waals surface area (Å²) in [6.45, 7) is 13.6. The Morgan fingerprint density at radius 2 is 1.35 bits per heavy atom. The van der Waals surface area contributed by atoms with Gasteiger partial charge < -0.3 is 28.6 Å². The maximum atomic E-state index is 12.4. The molecule has 1 heterocycles. The predicted octanol–water partition coefficient (Wildman–Crippen LogP) is 7.52. The van der Waals surface area contributed by atoms with Gasteiger partial charge in [-0.3, -0.25) is 4.79 Å². The van der Waals surface area contributed by atoms with Crippen molar-refractivity contribution in [3.05, 3.63) is 0 Å². The van der Waals surface area contributed by atoms with Crippen LogP contribution in [-0.4, -0.2) is 76.0 Å². The van der Waals surface area contributed by atoms with Crippen molar-refractivity contribution in [2.75, 3.05) is 52.7 Å². The SMILES string of the molecule is CCCCCCCCOC(CCC(=O)OCC(C)COC(=O)OCC1CCN(CC)C1)OCCCCCCCC. The third kappa shape index (κ3) is 20.5. The number of esters is 1. The first-order valence-electron chi connectivity index (χ1n) is 16.4. The van der Waals surface area contributed by atoms with Crippen LogP contribution in [0.2, 0.25) is 0 Å². The summed E-state index contributed by atoms with van der Waals surface area (Å²) in [5.41, 5.74) is 0. The van der Waals surface area contributed by atoms with Gasteiger partial charge >= 0.3 is 12.1 Å². The largest absolute Gasteiger partial charge is 0.508 e. The Hall–Kier alpha value is -1.38. The summed E-state index contributed by atoms with van der Waals surface area (Å²) in [4.78, 5) is 26.6. The zero-order valence-electron chi connectivity index (χ0n) is 26.3. The lowest BCUT2D eigenvalue weighted by Gasteiger charge is -2.19. The molecule has 0 N–H and O–H groups in total. The first-order chi connectivity index (χ1) is 19.5. The fourth-order valence-electron chi connectivity index (χ4n) is 4.77. The van der Waals surface area contributed by atoms with Gasteiger partial charge in [0, 0.05) is 38.0 Å². The Bertz CT molecular complexity index is 600. The second-order valence-electron chi connectivity index (χ2n) is 11.5. The van der Waals surface area contributed by atoms with Crippen molar-refractivity contribution in [1.82, 2.24) is 4.90 Å². The van der Waals surface area contributed by atoms with E-state index in [1.165, 1.54) is 51.4 Å². The van der Waals surface area contributed by atoms with Crippen LogP contribution in [0.1, 0.15) is 124 Å². The van der Waals surface area contributed by atoms with Gasteiger partial charge in [-0.1, -0.05) is 91.9 Å². The molecule has 1 aliphatic heterocycles. The van der Waals surface area contributed by atoms with E-state index >= 15 is 0 Å². The topological polar surface area (TPSA) is 83.5 Å². The van der Waals surface area contributed by atoms with E-state index in [0.717, 1.165) is 51.7 Å². The van der Waals surface area contributed by atoms with E-state index in [1.54, 1.807) is 0 Å². The standard InChI is InChI=1S/C32H61NO7/c1-5-8-10-12-14-16-22-36-31(37-23-17-15-13-11-9-6-2)19-18-30(34)38-25-28(4)26-39-32(35)40-27-29-20-21-33(7-3)24-29/h28-29,31H,5-27H2,1-4H3. The molecule has 1 fully saturated rings. The van der Waals surface area contributed by atoms with Crippen molar-refractivity contribution in [2.24, 2.45) is 11.8 Å². The van der Waals surface area contributed by atoms with Crippen molar-refractivity contribution >= 4 is 12.1 Å². The van der Waals surface area contributed by atoms with Crippen LogP contribution in [-0.2, 0) is 28.5 Å². The normalized spacial score (nSPS) is 16.4. The van der Waals surface area contributed by atoms with Crippen molar-refractivity contribution in [2.45, 2.75) is 130 Å².